The predicted octanol–water partition coefficient (Wildman–Crippen LogP) is 2.99. The molecule has 96 valence electrons. The lowest BCUT2D eigenvalue weighted by Gasteiger charge is -2.18. The molecule has 0 unspecified atom stereocenters. The molecule has 0 aliphatic carbocycles. The van der Waals surface area contributed by atoms with Crippen molar-refractivity contribution in [2.75, 3.05) is 0 Å². The zero-order chi connectivity index (χ0) is 13.5. The average molecular weight is 244 g/mol. The minimum atomic E-state index is -0.0827. The lowest BCUT2D eigenvalue weighted by atomic mass is 9.87. The van der Waals surface area contributed by atoms with E-state index in [9.17, 15) is 4.79 Å². The van der Waals surface area contributed by atoms with Gasteiger partial charge < -0.3 is 0 Å². The normalized spacial score (nSPS) is 11.8. The van der Waals surface area contributed by atoms with Gasteiger partial charge in [0, 0.05) is 12.5 Å². The second kappa shape index (κ2) is 4.16. The van der Waals surface area contributed by atoms with Crippen LogP contribution in [0.15, 0.2) is 29.1 Å². The number of nitrogens with zero attached hydrogens (tertiary/aromatic N) is 1. The third kappa shape index (κ3) is 2.13. The summed E-state index contributed by atoms with van der Waals surface area (Å²) in [6.07, 6.45) is 0. The first-order valence-corrected chi connectivity index (χ1v) is 6.17. The van der Waals surface area contributed by atoms with Crippen molar-refractivity contribution in [1.82, 2.24) is 9.78 Å². The van der Waals surface area contributed by atoms with Crippen LogP contribution in [-0.2, 0) is 12.5 Å². The van der Waals surface area contributed by atoms with Crippen molar-refractivity contribution < 1.29 is 0 Å². The van der Waals surface area contributed by atoms with Gasteiger partial charge in [0.15, 0.2) is 0 Å². The molecule has 2 aromatic rings. The van der Waals surface area contributed by atoms with E-state index in [1.54, 1.807) is 11.7 Å². The van der Waals surface area contributed by atoms with E-state index in [4.69, 9.17) is 0 Å². The highest BCUT2D eigenvalue weighted by molar-refractivity contribution is 5.66. The Kier molecular flexibility index (Phi) is 2.93. The van der Waals surface area contributed by atoms with Crippen molar-refractivity contribution in [1.29, 1.82) is 0 Å². The van der Waals surface area contributed by atoms with Crippen molar-refractivity contribution in [3.63, 3.8) is 0 Å². The van der Waals surface area contributed by atoms with Gasteiger partial charge in [-0.25, -0.2) is 0 Å². The van der Waals surface area contributed by atoms with Crippen molar-refractivity contribution in [2.45, 2.75) is 33.1 Å². The molecule has 0 fully saturated rings. The number of hydrogen-bond acceptors (Lipinski definition) is 1. The number of aromatic nitrogens is 2. The smallest absolute Gasteiger partial charge is 0.274 e. The van der Waals surface area contributed by atoms with Crippen LogP contribution in [0, 0.1) is 6.92 Å². The molecule has 1 aromatic heterocycles. The molecular formula is C15H20N2O. The van der Waals surface area contributed by atoms with Gasteiger partial charge in [-0.2, -0.15) is 0 Å². The summed E-state index contributed by atoms with van der Waals surface area (Å²) in [5, 5.41) is 3.17. The second-order valence-corrected chi connectivity index (χ2v) is 5.84. The lowest BCUT2D eigenvalue weighted by molar-refractivity contribution is 0.553. The van der Waals surface area contributed by atoms with Gasteiger partial charge >= 0.3 is 0 Å². The molecule has 0 aliphatic rings. The zero-order valence-corrected chi connectivity index (χ0v) is 11.7. The maximum absolute atomic E-state index is 12.3. The van der Waals surface area contributed by atoms with Crippen molar-refractivity contribution in [3.8, 4) is 11.1 Å². The molecule has 1 heterocycles. The van der Waals surface area contributed by atoms with Crippen LogP contribution in [0.5, 0.6) is 0 Å². The average Bonchev–Trinajstić information content (AvgIpc) is 2.57. The summed E-state index contributed by atoms with van der Waals surface area (Å²) < 4.78 is 1.55. The van der Waals surface area contributed by atoms with E-state index in [1.165, 1.54) is 5.56 Å². The third-order valence-electron chi connectivity index (χ3n) is 3.14. The molecule has 0 saturated carbocycles. The molecule has 3 nitrogen and oxygen atoms in total. The number of aryl methyl sites for hydroxylation is 2. The number of H-pyrrole nitrogens is 1. The molecule has 1 N–H and O–H groups in total. The minimum Gasteiger partial charge on any atom is -0.299 e. The van der Waals surface area contributed by atoms with Crippen LogP contribution < -0.4 is 5.56 Å². The van der Waals surface area contributed by atoms with Crippen molar-refractivity contribution >= 4 is 0 Å². The molecular weight excluding hydrogens is 224 g/mol. The van der Waals surface area contributed by atoms with Crippen LogP contribution in [0.4, 0.5) is 0 Å². The first-order chi connectivity index (χ1) is 8.30. The van der Waals surface area contributed by atoms with Gasteiger partial charge in [0.25, 0.3) is 5.56 Å². The van der Waals surface area contributed by atoms with E-state index < -0.39 is 0 Å². The Morgan fingerprint density at radius 3 is 2.17 bits per heavy atom. The molecule has 0 amide bonds. The van der Waals surface area contributed by atoms with Crippen molar-refractivity contribution in [3.05, 3.63) is 45.9 Å². The van der Waals surface area contributed by atoms with Gasteiger partial charge in [-0.15, -0.1) is 0 Å². The van der Waals surface area contributed by atoms with E-state index in [2.05, 4.69) is 25.9 Å². The molecule has 3 heteroatoms. The van der Waals surface area contributed by atoms with E-state index >= 15 is 0 Å². The van der Waals surface area contributed by atoms with E-state index in [0.717, 1.165) is 16.8 Å². The maximum Gasteiger partial charge on any atom is 0.274 e. The van der Waals surface area contributed by atoms with Crippen molar-refractivity contribution in [2.24, 2.45) is 7.05 Å². The van der Waals surface area contributed by atoms with E-state index in [0.29, 0.717) is 0 Å². The summed E-state index contributed by atoms with van der Waals surface area (Å²) in [6.45, 7) is 8.37. The molecule has 2 rings (SSSR count). The number of hydrogen-bond donors (Lipinski definition) is 1. The van der Waals surface area contributed by atoms with Crippen LogP contribution in [0.25, 0.3) is 11.1 Å². The highest BCUT2D eigenvalue weighted by Gasteiger charge is 2.24. The SMILES string of the molecule is Cc1ccc(-c2c(C(C)(C)C)[nH]n(C)c2=O)cc1. The highest BCUT2D eigenvalue weighted by Crippen LogP contribution is 2.29. The van der Waals surface area contributed by atoms with Gasteiger partial charge in [0.05, 0.1) is 11.3 Å². The lowest BCUT2D eigenvalue weighted by Crippen LogP contribution is -2.14. The Hall–Kier alpha value is -1.77. The summed E-state index contributed by atoms with van der Waals surface area (Å²) in [5.74, 6) is 0. The number of benzene rings is 1. The Morgan fingerprint density at radius 2 is 1.67 bits per heavy atom. The Balaban J connectivity index is 2.70. The molecule has 0 radical (unpaired) electrons. The standard InChI is InChI=1S/C15H20N2O/c1-10-6-8-11(9-7-10)12-13(15(2,3)4)16-17(5)14(12)18/h6-9,16H,1-5H3. The molecule has 0 atom stereocenters. The van der Waals surface area contributed by atoms with Gasteiger partial charge in [0.1, 0.15) is 0 Å². The summed E-state index contributed by atoms with van der Waals surface area (Å²) in [4.78, 5) is 12.3. The summed E-state index contributed by atoms with van der Waals surface area (Å²) in [6, 6.07) is 8.09. The van der Waals surface area contributed by atoms with E-state index in [1.807, 2.05) is 31.2 Å². The summed E-state index contributed by atoms with van der Waals surface area (Å²) >= 11 is 0. The topological polar surface area (TPSA) is 37.8 Å². The largest absolute Gasteiger partial charge is 0.299 e. The summed E-state index contributed by atoms with van der Waals surface area (Å²) in [5.41, 5.74) is 3.89. The van der Waals surface area contributed by atoms with Crippen LogP contribution in [0.1, 0.15) is 32.0 Å². The number of rotatable bonds is 1. The Morgan fingerprint density at radius 1 is 1.11 bits per heavy atom. The first kappa shape index (κ1) is 12.7. The molecule has 18 heavy (non-hydrogen) atoms. The zero-order valence-electron chi connectivity index (χ0n) is 11.7. The fraction of sp³-hybridized carbons (Fsp3) is 0.400. The molecule has 0 aliphatic heterocycles. The van der Waals surface area contributed by atoms with Gasteiger partial charge in [0.2, 0.25) is 0 Å². The fourth-order valence-corrected chi connectivity index (χ4v) is 2.08. The minimum absolute atomic E-state index is 0.0313. The maximum atomic E-state index is 12.3. The van der Waals surface area contributed by atoms with E-state index in [-0.39, 0.29) is 11.0 Å². The highest BCUT2D eigenvalue weighted by atomic mass is 16.1. The monoisotopic (exact) mass is 244 g/mol. The number of nitrogens with one attached hydrogen (secondary N) is 1. The van der Waals surface area contributed by atoms with Crippen LogP contribution in [0.2, 0.25) is 0 Å². The second-order valence-electron chi connectivity index (χ2n) is 5.84. The van der Waals surface area contributed by atoms with Gasteiger partial charge in [-0.3, -0.25) is 14.6 Å². The van der Waals surface area contributed by atoms with Crippen LogP contribution >= 0.6 is 0 Å². The van der Waals surface area contributed by atoms with Gasteiger partial charge in [-0.05, 0) is 12.5 Å². The van der Waals surface area contributed by atoms with Crippen LogP contribution in [0.3, 0.4) is 0 Å². The van der Waals surface area contributed by atoms with Gasteiger partial charge in [-0.1, -0.05) is 50.6 Å². The Labute approximate surface area is 107 Å². The van der Waals surface area contributed by atoms with Crippen LogP contribution in [-0.4, -0.2) is 9.78 Å². The molecule has 0 spiro atoms. The molecule has 0 bridgehead atoms. The first-order valence-electron chi connectivity index (χ1n) is 6.17. The quantitative estimate of drug-likeness (QED) is 0.822. The summed E-state index contributed by atoms with van der Waals surface area (Å²) in [7, 11) is 1.76. The fourth-order valence-electron chi connectivity index (χ4n) is 2.08. The Bertz CT molecular complexity index is 609. The predicted molar refractivity (Wildman–Crippen MR) is 74.9 cm³/mol. The third-order valence-corrected chi connectivity index (χ3v) is 3.14. The molecule has 1 aromatic carbocycles. The number of aromatic amines is 1. The molecule has 0 saturated heterocycles.